The highest BCUT2D eigenvalue weighted by Gasteiger charge is 2.18. The molecular weight excluding hydrogens is 409 g/mol. The number of aliphatic hydroxyl groups excluding tert-OH is 1. The molecule has 8 nitrogen and oxygen atoms in total. The lowest BCUT2D eigenvalue weighted by molar-refractivity contribution is 0.391. The summed E-state index contributed by atoms with van der Waals surface area (Å²) in [5.41, 5.74) is 5.31. The first-order chi connectivity index (χ1) is 15.5. The summed E-state index contributed by atoms with van der Waals surface area (Å²) in [5.74, 6) is 0.979. The van der Waals surface area contributed by atoms with Crippen molar-refractivity contribution < 1.29 is 9.50 Å². The number of hydrogen-bond acceptors (Lipinski definition) is 6. The summed E-state index contributed by atoms with van der Waals surface area (Å²) < 4.78 is 15.7. The Hall–Kier alpha value is -3.75. The quantitative estimate of drug-likeness (QED) is 0.415. The zero-order valence-corrected chi connectivity index (χ0v) is 17.9. The molecule has 0 aliphatic heterocycles. The van der Waals surface area contributed by atoms with Crippen LogP contribution in [0, 0.1) is 5.82 Å². The van der Waals surface area contributed by atoms with Crippen LogP contribution in [0.15, 0.2) is 36.7 Å². The van der Waals surface area contributed by atoms with Crippen LogP contribution in [-0.4, -0.2) is 41.1 Å². The predicted molar refractivity (Wildman–Crippen MR) is 121 cm³/mol. The van der Waals surface area contributed by atoms with Gasteiger partial charge in [-0.25, -0.2) is 19.3 Å². The number of anilines is 1. The van der Waals surface area contributed by atoms with Crippen molar-refractivity contribution in [3.8, 4) is 11.4 Å². The Labute approximate surface area is 184 Å². The second kappa shape index (κ2) is 8.07. The number of nitrogens with one attached hydrogen (secondary N) is 2. The number of nitrogens with zero attached hydrogens (tertiary/aromatic N) is 5. The van der Waals surface area contributed by atoms with Crippen LogP contribution in [0.3, 0.4) is 0 Å². The van der Waals surface area contributed by atoms with Crippen molar-refractivity contribution in [1.29, 1.82) is 0 Å². The summed E-state index contributed by atoms with van der Waals surface area (Å²) in [4.78, 5) is 21.0. The molecule has 0 bridgehead atoms. The zero-order valence-electron chi connectivity index (χ0n) is 17.9. The Kier molecular flexibility index (Phi) is 5.08. The maximum absolute atomic E-state index is 13.8. The smallest absolute Gasteiger partial charge is 0.166 e. The van der Waals surface area contributed by atoms with Crippen LogP contribution in [0.1, 0.15) is 43.1 Å². The summed E-state index contributed by atoms with van der Waals surface area (Å²) in [6.07, 6.45) is 10.5. The van der Waals surface area contributed by atoms with Crippen LogP contribution in [0.25, 0.3) is 28.6 Å². The zero-order chi connectivity index (χ0) is 22.2. The van der Waals surface area contributed by atoms with E-state index in [0.29, 0.717) is 47.1 Å². The number of aliphatic hydroxyl groups is 1. The van der Waals surface area contributed by atoms with E-state index in [4.69, 9.17) is 0 Å². The third-order valence-electron chi connectivity index (χ3n) is 5.68. The standard InChI is InChI=1S/C23H24FN7O/c1-13(2)31-12-28-20-22(29-21(30-23(20)31)15-7-16(24)11-25-9-15)26-6-5-14-10-27-19-8-17(32)3-4-18(14)19/h7-13,27,32H,3-6H2,1-2H3,(H,26,29,30). The van der Waals surface area contributed by atoms with Crippen LogP contribution in [-0.2, 0) is 12.8 Å². The highest BCUT2D eigenvalue weighted by Crippen LogP contribution is 2.27. The maximum Gasteiger partial charge on any atom is 0.166 e. The van der Waals surface area contributed by atoms with Gasteiger partial charge in [-0.3, -0.25) is 4.98 Å². The van der Waals surface area contributed by atoms with Gasteiger partial charge in [-0.05, 0) is 50.0 Å². The molecule has 1 aliphatic carbocycles. The first-order valence-corrected chi connectivity index (χ1v) is 10.7. The fourth-order valence-electron chi connectivity index (χ4n) is 4.05. The van der Waals surface area contributed by atoms with Crippen molar-refractivity contribution >= 4 is 23.1 Å². The predicted octanol–water partition coefficient (Wildman–Crippen LogP) is 4.44. The van der Waals surface area contributed by atoms with Gasteiger partial charge in [0.25, 0.3) is 0 Å². The molecule has 1 aliphatic rings. The fourth-order valence-corrected chi connectivity index (χ4v) is 4.05. The largest absolute Gasteiger partial charge is 0.512 e. The molecule has 0 atom stereocenters. The van der Waals surface area contributed by atoms with E-state index < -0.39 is 5.82 Å². The lowest BCUT2D eigenvalue weighted by atomic mass is 9.98. The maximum atomic E-state index is 13.8. The molecule has 4 aromatic heterocycles. The van der Waals surface area contributed by atoms with Gasteiger partial charge >= 0.3 is 0 Å². The van der Waals surface area contributed by atoms with E-state index in [1.165, 1.54) is 17.2 Å². The van der Waals surface area contributed by atoms with Crippen LogP contribution < -0.4 is 5.32 Å². The number of fused-ring (bicyclic) bond motifs is 2. The highest BCUT2D eigenvalue weighted by molar-refractivity contribution is 5.85. The topological polar surface area (TPSA) is 105 Å². The fraction of sp³-hybridized carbons (Fsp3) is 0.304. The lowest BCUT2D eigenvalue weighted by Gasteiger charge is -2.12. The molecule has 0 spiro atoms. The molecule has 4 heterocycles. The van der Waals surface area contributed by atoms with Crippen molar-refractivity contribution in [2.45, 2.75) is 39.2 Å². The van der Waals surface area contributed by atoms with Crippen LogP contribution in [0.2, 0.25) is 0 Å². The SMILES string of the molecule is CC(C)n1cnc2c(NCCc3c[nH]c4c3CCC(O)=C4)nc(-c3cncc(F)c3)nc21. The minimum Gasteiger partial charge on any atom is -0.512 e. The number of H-pyrrole nitrogens is 1. The molecule has 0 amide bonds. The second-order valence-electron chi connectivity index (χ2n) is 8.22. The monoisotopic (exact) mass is 433 g/mol. The van der Waals surface area contributed by atoms with Crippen molar-refractivity contribution in [2.75, 3.05) is 11.9 Å². The van der Waals surface area contributed by atoms with E-state index >= 15 is 0 Å². The summed E-state index contributed by atoms with van der Waals surface area (Å²) in [5, 5.41) is 13.1. The molecule has 3 N–H and O–H groups in total. The average molecular weight is 433 g/mol. The molecule has 0 saturated carbocycles. The van der Waals surface area contributed by atoms with Gasteiger partial charge in [0.1, 0.15) is 11.3 Å². The van der Waals surface area contributed by atoms with E-state index in [2.05, 4.69) is 44.1 Å². The van der Waals surface area contributed by atoms with Crippen molar-refractivity contribution in [2.24, 2.45) is 0 Å². The third kappa shape index (κ3) is 3.70. The normalized spacial score (nSPS) is 13.4. The van der Waals surface area contributed by atoms with Gasteiger partial charge in [-0.2, -0.15) is 0 Å². The molecule has 4 aromatic rings. The first kappa shape index (κ1) is 20.2. The summed E-state index contributed by atoms with van der Waals surface area (Å²) in [6.45, 7) is 4.75. The van der Waals surface area contributed by atoms with E-state index in [-0.39, 0.29) is 6.04 Å². The minimum absolute atomic E-state index is 0.164. The van der Waals surface area contributed by atoms with E-state index in [1.54, 1.807) is 18.6 Å². The molecule has 9 heteroatoms. The number of hydrogen-bond donors (Lipinski definition) is 3. The Balaban J connectivity index is 1.45. The van der Waals surface area contributed by atoms with Gasteiger partial charge in [-0.1, -0.05) is 0 Å². The van der Waals surface area contributed by atoms with Gasteiger partial charge in [0.2, 0.25) is 0 Å². The first-order valence-electron chi connectivity index (χ1n) is 10.7. The van der Waals surface area contributed by atoms with Gasteiger partial charge in [0.05, 0.1) is 18.3 Å². The Morgan fingerprint density at radius 1 is 1.25 bits per heavy atom. The summed E-state index contributed by atoms with van der Waals surface area (Å²) in [6, 6.07) is 1.54. The number of imidazole rings is 1. The number of rotatable bonds is 6. The van der Waals surface area contributed by atoms with Gasteiger partial charge in [0, 0.05) is 42.7 Å². The Morgan fingerprint density at radius 3 is 2.94 bits per heavy atom. The molecule has 0 aromatic carbocycles. The molecular formula is C23H24FN7O. The van der Waals surface area contributed by atoms with Gasteiger partial charge in [-0.15, -0.1) is 0 Å². The molecule has 0 radical (unpaired) electrons. The lowest BCUT2D eigenvalue weighted by Crippen LogP contribution is -2.10. The van der Waals surface area contributed by atoms with Crippen molar-refractivity contribution in [3.63, 3.8) is 0 Å². The van der Waals surface area contributed by atoms with Gasteiger partial charge < -0.3 is 20.0 Å². The molecule has 0 saturated heterocycles. The number of pyridine rings is 1. The van der Waals surface area contributed by atoms with Crippen LogP contribution >= 0.6 is 0 Å². The number of aromatic nitrogens is 6. The van der Waals surface area contributed by atoms with E-state index in [0.717, 1.165) is 24.7 Å². The number of allylic oxidation sites excluding steroid dienone is 1. The molecule has 164 valence electrons. The average Bonchev–Trinajstić information content (AvgIpc) is 3.37. The molecule has 0 unspecified atom stereocenters. The van der Waals surface area contributed by atoms with Crippen molar-refractivity contribution in [1.82, 2.24) is 29.5 Å². The Bertz CT molecular complexity index is 1320. The second-order valence-corrected chi connectivity index (χ2v) is 8.22. The van der Waals surface area contributed by atoms with Crippen molar-refractivity contribution in [3.05, 3.63) is 59.4 Å². The Morgan fingerprint density at radius 2 is 2.12 bits per heavy atom. The molecule has 5 rings (SSSR count). The third-order valence-corrected chi connectivity index (χ3v) is 5.68. The van der Waals surface area contributed by atoms with Gasteiger partial charge in [0.15, 0.2) is 17.3 Å². The summed E-state index contributed by atoms with van der Waals surface area (Å²) in [7, 11) is 0. The van der Waals surface area contributed by atoms with E-state index in [1.807, 2.05) is 10.8 Å². The van der Waals surface area contributed by atoms with Crippen LogP contribution in [0.4, 0.5) is 10.2 Å². The molecule has 0 fully saturated rings. The number of halogens is 1. The van der Waals surface area contributed by atoms with Crippen LogP contribution in [0.5, 0.6) is 0 Å². The number of aromatic amines is 1. The van der Waals surface area contributed by atoms with E-state index in [9.17, 15) is 9.50 Å². The highest BCUT2D eigenvalue weighted by atomic mass is 19.1. The molecule has 32 heavy (non-hydrogen) atoms. The minimum atomic E-state index is -0.435. The summed E-state index contributed by atoms with van der Waals surface area (Å²) >= 11 is 0.